The van der Waals surface area contributed by atoms with Gasteiger partial charge >= 0.3 is 0 Å². The number of pyridine rings is 1. The second-order valence-electron chi connectivity index (χ2n) is 4.91. The lowest BCUT2D eigenvalue weighted by atomic mass is 10.0. The summed E-state index contributed by atoms with van der Waals surface area (Å²) in [5.74, 6) is -0.0323. The highest BCUT2D eigenvalue weighted by Gasteiger charge is 2.25. The molecule has 5 heteroatoms. The number of carbonyl (C=O) groups excluding carboxylic acids is 1. The van der Waals surface area contributed by atoms with Gasteiger partial charge in [-0.2, -0.15) is 0 Å². The molecule has 0 radical (unpaired) electrons. The van der Waals surface area contributed by atoms with E-state index in [0.29, 0.717) is 17.3 Å². The van der Waals surface area contributed by atoms with Gasteiger partial charge in [-0.1, -0.05) is 0 Å². The summed E-state index contributed by atoms with van der Waals surface area (Å²) >= 11 is 0. The average molecular weight is 248 g/mol. The van der Waals surface area contributed by atoms with Gasteiger partial charge in [0, 0.05) is 31.2 Å². The molecule has 0 aliphatic carbocycles. The minimum absolute atomic E-state index is 0.0323. The molecule has 1 aliphatic rings. The lowest BCUT2D eigenvalue weighted by Crippen LogP contribution is -2.44. The Morgan fingerprint density at radius 3 is 2.78 bits per heavy atom. The molecule has 2 heterocycles. The topological polar surface area (TPSA) is 62.5 Å². The molecule has 1 fully saturated rings. The number of nitrogens with two attached hydrogens (primary N) is 1. The first kappa shape index (κ1) is 12.8. The Bertz CT molecular complexity index is 427. The zero-order valence-electron chi connectivity index (χ0n) is 11.0. The van der Waals surface area contributed by atoms with E-state index in [9.17, 15) is 4.79 Å². The average Bonchev–Trinajstić information content (AvgIpc) is 2.38. The number of anilines is 1. The zero-order chi connectivity index (χ0) is 13.1. The third-order valence-electron chi connectivity index (χ3n) is 3.64. The molecule has 0 spiro atoms. The van der Waals surface area contributed by atoms with Gasteiger partial charge in [-0.25, -0.2) is 0 Å². The van der Waals surface area contributed by atoms with Crippen LogP contribution in [0.5, 0.6) is 0 Å². The van der Waals surface area contributed by atoms with Gasteiger partial charge < -0.3 is 15.5 Å². The predicted octanol–water partition coefficient (Wildman–Crippen LogP) is 0.830. The fraction of sp³-hybridized carbons (Fsp3) is 0.538. The first-order valence-corrected chi connectivity index (χ1v) is 6.25. The van der Waals surface area contributed by atoms with E-state index in [1.54, 1.807) is 23.4 Å². The molecule has 1 aromatic rings. The van der Waals surface area contributed by atoms with Gasteiger partial charge in [0.05, 0.1) is 5.56 Å². The fourth-order valence-electron chi connectivity index (χ4n) is 2.32. The summed E-state index contributed by atoms with van der Waals surface area (Å²) in [5.41, 5.74) is 6.81. The van der Waals surface area contributed by atoms with E-state index in [-0.39, 0.29) is 5.91 Å². The van der Waals surface area contributed by atoms with Crippen LogP contribution >= 0.6 is 0 Å². The van der Waals surface area contributed by atoms with Crippen LogP contribution in [0.4, 0.5) is 5.69 Å². The molecule has 1 amide bonds. The van der Waals surface area contributed by atoms with E-state index in [1.165, 1.54) is 0 Å². The lowest BCUT2D eigenvalue weighted by molar-refractivity contribution is 0.0660. The van der Waals surface area contributed by atoms with Crippen molar-refractivity contribution < 1.29 is 4.79 Å². The summed E-state index contributed by atoms with van der Waals surface area (Å²) in [4.78, 5) is 20.4. The molecule has 0 bridgehead atoms. The molecule has 1 aromatic heterocycles. The van der Waals surface area contributed by atoms with Gasteiger partial charge in [0.2, 0.25) is 0 Å². The highest BCUT2D eigenvalue weighted by molar-refractivity contribution is 5.98. The minimum atomic E-state index is -0.0323. The van der Waals surface area contributed by atoms with Crippen molar-refractivity contribution in [2.45, 2.75) is 18.9 Å². The standard InChI is InChI=1S/C13H20N4O/c1-16-7-4-10(5-8-16)17(2)13(18)11-9-15-6-3-12(11)14/h3,6,9-10H,4-5,7-8H2,1-2H3,(H2,14,15). The van der Waals surface area contributed by atoms with E-state index >= 15 is 0 Å². The van der Waals surface area contributed by atoms with Crippen molar-refractivity contribution in [1.82, 2.24) is 14.8 Å². The lowest BCUT2D eigenvalue weighted by Gasteiger charge is -2.35. The normalized spacial score (nSPS) is 17.7. The second kappa shape index (κ2) is 5.35. The van der Waals surface area contributed by atoms with E-state index in [1.807, 2.05) is 7.05 Å². The summed E-state index contributed by atoms with van der Waals surface area (Å²) in [6, 6.07) is 1.96. The molecule has 2 rings (SSSR count). The van der Waals surface area contributed by atoms with Gasteiger partial charge in [-0.3, -0.25) is 9.78 Å². The Balaban J connectivity index is 2.07. The van der Waals surface area contributed by atoms with Gasteiger partial charge in [0.15, 0.2) is 0 Å². The van der Waals surface area contributed by atoms with Crippen LogP contribution in [-0.2, 0) is 0 Å². The molecular formula is C13H20N4O. The van der Waals surface area contributed by atoms with Crippen LogP contribution in [0.15, 0.2) is 18.5 Å². The first-order chi connectivity index (χ1) is 8.59. The van der Waals surface area contributed by atoms with Crippen molar-refractivity contribution in [1.29, 1.82) is 0 Å². The Kier molecular flexibility index (Phi) is 3.81. The number of hydrogen-bond donors (Lipinski definition) is 1. The number of hydrogen-bond acceptors (Lipinski definition) is 4. The molecule has 0 saturated carbocycles. The molecular weight excluding hydrogens is 228 g/mol. The van der Waals surface area contributed by atoms with Crippen LogP contribution in [0, 0.1) is 0 Å². The number of rotatable bonds is 2. The van der Waals surface area contributed by atoms with Gasteiger partial charge in [-0.05, 0) is 39.0 Å². The molecule has 1 aliphatic heterocycles. The van der Waals surface area contributed by atoms with Gasteiger partial charge in [0.1, 0.15) is 0 Å². The van der Waals surface area contributed by atoms with Gasteiger partial charge in [0.25, 0.3) is 5.91 Å². The number of aromatic nitrogens is 1. The van der Waals surface area contributed by atoms with E-state index < -0.39 is 0 Å². The zero-order valence-corrected chi connectivity index (χ0v) is 11.0. The molecule has 18 heavy (non-hydrogen) atoms. The van der Waals surface area contributed by atoms with Crippen molar-refractivity contribution in [2.75, 3.05) is 32.9 Å². The molecule has 1 saturated heterocycles. The number of likely N-dealkylation sites (tertiary alicyclic amines) is 1. The maximum absolute atomic E-state index is 12.3. The minimum Gasteiger partial charge on any atom is -0.398 e. The monoisotopic (exact) mass is 248 g/mol. The highest BCUT2D eigenvalue weighted by atomic mass is 16.2. The second-order valence-corrected chi connectivity index (χ2v) is 4.91. The summed E-state index contributed by atoms with van der Waals surface area (Å²) < 4.78 is 0. The molecule has 5 nitrogen and oxygen atoms in total. The largest absolute Gasteiger partial charge is 0.398 e. The number of piperidine rings is 1. The van der Waals surface area contributed by atoms with Crippen LogP contribution in [0.3, 0.4) is 0 Å². The quantitative estimate of drug-likeness (QED) is 0.842. The third-order valence-corrected chi connectivity index (χ3v) is 3.64. The van der Waals surface area contributed by atoms with Crippen molar-refractivity contribution >= 4 is 11.6 Å². The van der Waals surface area contributed by atoms with Crippen LogP contribution in [-0.4, -0.2) is 53.9 Å². The Hall–Kier alpha value is -1.62. The third kappa shape index (κ3) is 2.61. The number of carbonyl (C=O) groups is 1. The van der Waals surface area contributed by atoms with Crippen LogP contribution in [0.1, 0.15) is 23.2 Å². The van der Waals surface area contributed by atoms with E-state index in [0.717, 1.165) is 25.9 Å². The summed E-state index contributed by atoms with van der Waals surface area (Å²) in [5, 5.41) is 0. The van der Waals surface area contributed by atoms with Crippen LogP contribution in [0.25, 0.3) is 0 Å². The van der Waals surface area contributed by atoms with Crippen molar-refractivity contribution in [3.63, 3.8) is 0 Å². The Morgan fingerprint density at radius 1 is 1.50 bits per heavy atom. The Morgan fingerprint density at radius 2 is 2.17 bits per heavy atom. The highest BCUT2D eigenvalue weighted by Crippen LogP contribution is 2.18. The molecule has 98 valence electrons. The molecule has 0 aromatic carbocycles. The predicted molar refractivity (Wildman–Crippen MR) is 71.3 cm³/mol. The molecule has 0 unspecified atom stereocenters. The Labute approximate surface area is 108 Å². The fourth-order valence-corrected chi connectivity index (χ4v) is 2.32. The van der Waals surface area contributed by atoms with Crippen LogP contribution in [0.2, 0.25) is 0 Å². The van der Waals surface area contributed by atoms with E-state index in [2.05, 4.69) is 16.9 Å². The SMILES string of the molecule is CN1CCC(N(C)C(=O)c2cnccc2N)CC1. The van der Waals surface area contributed by atoms with E-state index in [4.69, 9.17) is 5.73 Å². The number of amides is 1. The number of nitrogen functional groups attached to an aromatic ring is 1. The molecule has 2 N–H and O–H groups in total. The van der Waals surface area contributed by atoms with Crippen molar-refractivity contribution in [2.24, 2.45) is 0 Å². The van der Waals surface area contributed by atoms with Gasteiger partial charge in [-0.15, -0.1) is 0 Å². The first-order valence-electron chi connectivity index (χ1n) is 6.25. The summed E-state index contributed by atoms with van der Waals surface area (Å²) in [6.45, 7) is 2.07. The summed E-state index contributed by atoms with van der Waals surface area (Å²) in [7, 11) is 3.96. The smallest absolute Gasteiger partial charge is 0.257 e. The number of nitrogens with zero attached hydrogens (tertiary/aromatic N) is 3. The molecule has 0 atom stereocenters. The maximum atomic E-state index is 12.3. The van der Waals surface area contributed by atoms with Crippen LogP contribution < -0.4 is 5.73 Å². The van der Waals surface area contributed by atoms with Crippen molar-refractivity contribution in [3.05, 3.63) is 24.0 Å². The van der Waals surface area contributed by atoms with Crippen molar-refractivity contribution in [3.8, 4) is 0 Å². The maximum Gasteiger partial charge on any atom is 0.257 e. The summed E-state index contributed by atoms with van der Waals surface area (Å²) in [6.07, 6.45) is 5.17.